The molecule has 1 aromatic carbocycles. The van der Waals surface area contributed by atoms with Crippen LogP contribution in [0.1, 0.15) is 16.7 Å². The molecule has 0 saturated carbocycles. The maximum atomic E-state index is 12.8. The van der Waals surface area contributed by atoms with Gasteiger partial charge >= 0.3 is 6.18 Å². The number of anilines is 3. The highest BCUT2D eigenvalue weighted by Crippen LogP contribution is 2.29. The van der Waals surface area contributed by atoms with Crippen LogP contribution in [0.5, 0.6) is 0 Å². The van der Waals surface area contributed by atoms with Gasteiger partial charge in [-0.2, -0.15) is 23.1 Å². The summed E-state index contributed by atoms with van der Waals surface area (Å²) in [6, 6.07) is 10.5. The highest BCUT2D eigenvalue weighted by molar-refractivity contribution is 5.51. The SMILES string of the molecule is Nc1nc(NCc2cccnc2)cc(NCc2cccc(C(F)(F)F)c2)n1. The highest BCUT2D eigenvalue weighted by atomic mass is 19.4. The summed E-state index contributed by atoms with van der Waals surface area (Å²) in [6.07, 6.45) is -0.967. The largest absolute Gasteiger partial charge is 0.416 e. The van der Waals surface area contributed by atoms with Crippen LogP contribution in [0.2, 0.25) is 0 Å². The molecule has 2 aromatic heterocycles. The predicted molar refractivity (Wildman–Crippen MR) is 96.8 cm³/mol. The number of nitrogens with two attached hydrogens (primary N) is 1. The van der Waals surface area contributed by atoms with E-state index in [0.717, 1.165) is 17.7 Å². The fourth-order valence-corrected chi connectivity index (χ4v) is 2.39. The fourth-order valence-electron chi connectivity index (χ4n) is 2.39. The molecule has 2 heterocycles. The second-order valence-electron chi connectivity index (χ2n) is 5.76. The van der Waals surface area contributed by atoms with Crippen LogP contribution >= 0.6 is 0 Å². The van der Waals surface area contributed by atoms with E-state index in [1.165, 1.54) is 6.07 Å². The van der Waals surface area contributed by atoms with Crippen LogP contribution in [0.4, 0.5) is 30.8 Å². The van der Waals surface area contributed by atoms with E-state index >= 15 is 0 Å². The van der Waals surface area contributed by atoms with E-state index in [2.05, 4.69) is 25.6 Å². The lowest BCUT2D eigenvalue weighted by Gasteiger charge is -2.11. The maximum Gasteiger partial charge on any atom is 0.416 e. The molecule has 0 aliphatic carbocycles. The van der Waals surface area contributed by atoms with E-state index in [1.807, 2.05) is 12.1 Å². The Balaban J connectivity index is 1.66. The average molecular weight is 374 g/mol. The van der Waals surface area contributed by atoms with E-state index in [9.17, 15) is 13.2 Å². The Labute approximate surface area is 153 Å². The average Bonchev–Trinajstić information content (AvgIpc) is 2.65. The smallest absolute Gasteiger partial charge is 0.368 e. The molecule has 0 aliphatic rings. The third kappa shape index (κ3) is 5.30. The minimum atomic E-state index is -4.38. The predicted octanol–water partition coefficient (Wildman–Crippen LogP) is 3.70. The minimum Gasteiger partial charge on any atom is -0.368 e. The molecule has 140 valence electrons. The quantitative estimate of drug-likeness (QED) is 0.610. The molecule has 0 amide bonds. The Morgan fingerprint density at radius 1 is 0.889 bits per heavy atom. The van der Waals surface area contributed by atoms with Gasteiger partial charge in [0.15, 0.2) is 0 Å². The molecular weight excluding hydrogens is 357 g/mol. The summed E-state index contributed by atoms with van der Waals surface area (Å²) < 4.78 is 38.4. The summed E-state index contributed by atoms with van der Waals surface area (Å²) in [5.41, 5.74) is 6.47. The number of hydrogen-bond donors (Lipinski definition) is 3. The molecule has 0 bridgehead atoms. The molecule has 0 spiro atoms. The molecule has 0 radical (unpaired) electrons. The Hall–Kier alpha value is -3.36. The van der Waals surface area contributed by atoms with Gasteiger partial charge in [0.25, 0.3) is 0 Å². The summed E-state index contributed by atoms with van der Waals surface area (Å²) >= 11 is 0. The first-order valence-corrected chi connectivity index (χ1v) is 8.07. The zero-order chi connectivity index (χ0) is 19.3. The van der Waals surface area contributed by atoms with Gasteiger partial charge in [0.1, 0.15) is 11.6 Å². The van der Waals surface area contributed by atoms with Gasteiger partial charge < -0.3 is 16.4 Å². The molecule has 6 nitrogen and oxygen atoms in total. The zero-order valence-electron chi connectivity index (χ0n) is 14.2. The molecule has 4 N–H and O–H groups in total. The summed E-state index contributed by atoms with van der Waals surface area (Å²) in [6.45, 7) is 0.666. The van der Waals surface area contributed by atoms with Crippen molar-refractivity contribution in [3.63, 3.8) is 0 Å². The number of nitrogens with zero attached hydrogens (tertiary/aromatic N) is 3. The molecule has 0 unspecified atom stereocenters. The lowest BCUT2D eigenvalue weighted by atomic mass is 10.1. The number of rotatable bonds is 6. The summed E-state index contributed by atoms with van der Waals surface area (Å²) in [5.74, 6) is 0.962. The van der Waals surface area contributed by atoms with Crippen molar-refractivity contribution in [2.24, 2.45) is 0 Å². The number of nitrogens with one attached hydrogen (secondary N) is 2. The molecular formula is C18H17F3N6. The van der Waals surface area contributed by atoms with E-state index in [1.54, 1.807) is 24.5 Å². The number of pyridine rings is 1. The van der Waals surface area contributed by atoms with E-state index < -0.39 is 11.7 Å². The van der Waals surface area contributed by atoms with Gasteiger partial charge in [-0.15, -0.1) is 0 Å². The van der Waals surface area contributed by atoms with Crippen LogP contribution in [-0.2, 0) is 19.3 Å². The normalized spacial score (nSPS) is 11.2. The van der Waals surface area contributed by atoms with Crippen LogP contribution in [0, 0.1) is 0 Å². The number of benzene rings is 1. The third-order valence-corrected chi connectivity index (χ3v) is 3.67. The lowest BCUT2D eigenvalue weighted by molar-refractivity contribution is -0.137. The van der Waals surface area contributed by atoms with Crippen molar-refractivity contribution in [1.29, 1.82) is 0 Å². The third-order valence-electron chi connectivity index (χ3n) is 3.67. The van der Waals surface area contributed by atoms with Crippen molar-refractivity contribution in [2.45, 2.75) is 19.3 Å². The number of halogens is 3. The number of alkyl halides is 3. The first-order valence-electron chi connectivity index (χ1n) is 8.07. The molecule has 3 rings (SSSR count). The zero-order valence-corrected chi connectivity index (χ0v) is 14.2. The van der Waals surface area contributed by atoms with Crippen molar-refractivity contribution in [3.8, 4) is 0 Å². The molecule has 0 aliphatic heterocycles. The standard InChI is InChI=1S/C18H17F3N6/c19-18(20,21)14-5-1-3-12(7-14)10-24-15-8-16(27-17(22)26-15)25-11-13-4-2-6-23-9-13/h1-9H,10-11H2,(H4,22,24,25,26,27). The van der Waals surface area contributed by atoms with E-state index in [-0.39, 0.29) is 12.5 Å². The van der Waals surface area contributed by atoms with Gasteiger partial charge in [-0.05, 0) is 29.3 Å². The summed E-state index contributed by atoms with van der Waals surface area (Å²) in [4.78, 5) is 12.2. The van der Waals surface area contributed by atoms with Crippen LogP contribution < -0.4 is 16.4 Å². The second-order valence-corrected chi connectivity index (χ2v) is 5.76. The van der Waals surface area contributed by atoms with Crippen molar-refractivity contribution in [2.75, 3.05) is 16.4 Å². The van der Waals surface area contributed by atoms with Crippen molar-refractivity contribution < 1.29 is 13.2 Å². The Morgan fingerprint density at radius 2 is 1.56 bits per heavy atom. The van der Waals surface area contributed by atoms with Gasteiger partial charge in [0.2, 0.25) is 5.95 Å². The monoisotopic (exact) mass is 374 g/mol. The summed E-state index contributed by atoms with van der Waals surface area (Å²) in [5, 5.41) is 6.08. The molecule has 27 heavy (non-hydrogen) atoms. The van der Waals surface area contributed by atoms with Crippen LogP contribution in [0.25, 0.3) is 0 Å². The Kier molecular flexibility index (Phi) is 5.39. The van der Waals surface area contributed by atoms with Crippen molar-refractivity contribution in [3.05, 3.63) is 71.5 Å². The molecule has 0 fully saturated rings. The van der Waals surface area contributed by atoms with Crippen LogP contribution in [0.15, 0.2) is 54.9 Å². The lowest BCUT2D eigenvalue weighted by Crippen LogP contribution is -2.09. The topological polar surface area (TPSA) is 88.8 Å². The Bertz CT molecular complexity index is 899. The van der Waals surface area contributed by atoms with E-state index in [4.69, 9.17) is 5.73 Å². The number of nitrogen functional groups attached to an aromatic ring is 1. The fraction of sp³-hybridized carbons (Fsp3) is 0.167. The molecule has 0 saturated heterocycles. The summed E-state index contributed by atoms with van der Waals surface area (Å²) in [7, 11) is 0. The highest BCUT2D eigenvalue weighted by Gasteiger charge is 2.30. The van der Waals surface area contributed by atoms with E-state index in [0.29, 0.717) is 23.7 Å². The first-order chi connectivity index (χ1) is 12.9. The maximum absolute atomic E-state index is 12.8. The molecule has 3 aromatic rings. The van der Waals surface area contributed by atoms with Gasteiger partial charge in [0.05, 0.1) is 5.56 Å². The number of hydrogen-bond acceptors (Lipinski definition) is 6. The second kappa shape index (κ2) is 7.90. The van der Waals surface area contributed by atoms with Crippen LogP contribution in [-0.4, -0.2) is 15.0 Å². The van der Waals surface area contributed by atoms with Crippen molar-refractivity contribution in [1.82, 2.24) is 15.0 Å². The van der Waals surface area contributed by atoms with Gasteiger partial charge in [0, 0.05) is 31.5 Å². The minimum absolute atomic E-state index is 0.0535. The van der Waals surface area contributed by atoms with Crippen LogP contribution in [0.3, 0.4) is 0 Å². The van der Waals surface area contributed by atoms with Gasteiger partial charge in [-0.25, -0.2) is 0 Å². The molecule has 9 heteroatoms. The van der Waals surface area contributed by atoms with Crippen molar-refractivity contribution >= 4 is 17.6 Å². The first kappa shape index (κ1) is 18.4. The Morgan fingerprint density at radius 3 is 2.19 bits per heavy atom. The van der Waals surface area contributed by atoms with Gasteiger partial charge in [-0.3, -0.25) is 4.98 Å². The van der Waals surface area contributed by atoms with Gasteiger partial charge in [-0.1, -0.05) is 18.2 Å². The molecule has 0 atom stereocenters. The number of aromatic nitrogens is 3.